The van der Waals surface area contributed by atoms with Gasteiger partial charge in [0.25, 0.3) is 0 Å². The zero-order chi connectivity index (χ0) is 16.3. The average Bonchev–Trinajstić information content (AvgIpc) is 2.45. The Bertz CT molecular complexity index is 687. The van der Waals surface area contributed by atoms with Crippen LogP contribution in [0.15, 0.2) is 36.5 Å². The zero-order valence-electron chi connectivity index (χ0n) is 10.9. The molecule has 0 aliphatic rings. The first-order chi connectivity index (χ1) is 10.3. The number of alkyl halides is 3. The summed E-state index contributed by atoms with van der Waals surface area (Å²) < 4.78 is 41.1. The Morgan fingerprint density at radius 1 is 1.27 bits per heavy atom. The molecule has 0 atom stereocenters. The molecule has 2 aromatic rings. The largest absolute Gasteiger partial charge is 0.482 e. The summed E-state index contributed by atoms with van der Waals surface area (Å²) in [5.74, 6) is -1.47. The molecule has 0 radical (unpaired) electrons. The third-order valence-corrected chi connectivity index (χ3v) is 2.87. The molecule has 0 unspecified atom stereocenters. The highest BCUT2D eigenvalue weighted by Gasteiger charge is 2.28. The summed E-state index contributed by atoms with van der Waals surface area (Å²) in [5, 5.41) is 9.56. The Morgan fingerprint density at radius 3 is 2.45 bits per heavy atom. The number of ether oxygens (including phenoxy) is 1. The predicted molar refractivity (Wildman–Crippen MR) is 73.2 cm³/mol. The molecule has 1 aromatic carbocycles. The van der Waals surface area contributed by atoms with Gasteiger partial charge in [-0.05, 0) is 23.8 Å². The van der Waals surface area contributed by atoms with Crippen LogP contribution in [0.4, 0.5) is 13.2 Å². The van der Waals surface area contributed by atoms with Crippen molar-refractivity contribution in [3.63, 3.8) is 0 Å². The molecule has 0 fully saturated rings. The molecular weight excluding hydrogens is 323 g/mol. The van der Waals surface area contributed by atoms with Crippen LogP contribution in [-0.4, -0.2) is 28.8 Å². The maximum absolute atomic E-state index is 12.2. The third-order valence-electron chi connectivity index (χ3n) is 2.62. The molecule has 116 valence electrons. The highest BCUT2D eigenvalue weighted by atomic mass is 35.5. The lowest BCUT2D eigenvalue weighted by Crippen LogP contribution is -2.19. The van der Waals surface area contributed by atoms with Gasteiger partial charge in [-0.1, -0.05) is 23.7 Å². The van der Waals surface area contributed by atoms with E-state index in [1.807, 2.05) is 0 Å². The van der Waals surface area contributed by atoms with Crippen molar-refractivity contribution in [3.05, 3.63) is 47.2 Å². The minimum absolute atomic E-state index is 0.142. The highest BCUT2D eigenvalue weighted by molar-refractivity contribution is 6.30. The maximum Gasteiger partial charge on any atom is 0.422 e. The topological polar surface area (TPSA) is 59.4 Å². The molecule has 0 aliphatic heterocycles. The SMILES string of the molecule is O=C(O)c1ncc(OCC(F)(F)F)cc1-c1ccc(Cl)cc1. The summed E-state index contributed by atoms with van der Waals surface area (Å²) in [4.78, 5) is 14.8. The molecule has 0 saturated carbocycles. The van der Waals surface area contributed by atoms with Gasteiger partial charge in [-0.2, -0.15) is 13.2 Å². The number of carbonyl (C=O) groups is 1. The predicted octanol–water partition coefficient (Wildman–Crippen LogP) is 4.04. The van der Waals surface area contributed by atoms with Gasteiger partial charge in [0, 0.05) is 10.6 Å². The standard InChI is InChI=1S/C14H9ClF3NO3/c15-9-3-1-8(2-4-9)11-5-10(22-7-14(16,17)18)6-19-12(11)13(20)21/h1-6H,7H2,(H,20,21). The van der Waals surface area contributed by atoms with Crippen molar-refractivity contribution in [1.29, 1.82) is 0 Å². The Morgan fingerprint density at radius 2 is 1.91 bits per heavy atom. The van der Waals surface area contributed by atoms with E-state index >= 15 is 0 Å². The first-order valence-electron chi connectivity index (χ1n) is 5.95. The van der Waals surface area contributed by atoms with E-state index in [2.05, 4.69) is 9.72 Å². The lowest BCUT2D eigenvalue weighted by atomic mass is 10.0. The molecule has 0 bridgehead atoms. The number of carboxylic acids is 1. The number of nitrogens with zero attached hydrogens (tertiary/aromatic N) is 1. The number of carboxylic acid groups (broad SMARTS) is 1. The molecule has 1 aromatic heterocycles. The van der Waals surface area contributed by atoms with Crippen molar-refractivity contribution >= 4 is 17.6 Å². The number of halogens is 4. The van der Waals surface area contributed by atoms with E-state index in [9.17, 15) is 18.0 Å². The number of hydrogen-bond donors (Lipinski definition) is 1. The van der Waals surface area contributed by atoms with Crippen molar-refractivity contribution in [3.8, 4) is 16.9 Å². The van der Waals surface area contributed by atoms with Crippen LogP contribution in [0, 0.1) is 0 Å². The van der Waals surface area contributed by atoms with Crippen LogP contribution in [0.25, 0.3) is 11.1 Å². The summed E-state index contributed by atoms with van der Waals surface area (Å²) in [7, 11) is 0. The van der Waals surface area contributed by atoms with Gasteiger partial charge >= 0.3 is 12.1 Å². The van der Waals surface area contributed by atoms with Gasteiger partial charge in [0.1, 0.15) is 5.75 Å². The number of aromatic carboxylic acids is 1. The lowest BCUT2D eigenvalue weighted by Gasteiger charge is -2.11. The summed E-state index contributed by atoms with van der Waals surface area (Å²) >= 11 is 5.75. The van der Waals surface area contributed by atoms with E-state index in [-0.39, 0.29) is 17.0 Å². The Labute approximate surface area is 128 Å². The Kier molecular flexibility index (Phi) is 4.56. The molecule has 4 nitrogen and oxygen atoms in total. The highest BCUT2D eigenvalue weighted by Crippen LogP contribution is 2.28. The maximum atomic E-state index is 12.2. The lowest BCUT2D eigenvalue weighted by molar-refractivity contribution is -0.153. The van der Waals surface area contributed by atoms with E-state index < -0.39 is 18.8 Å². The van der Waals surface area contributed by atoms with Crippen molar-refractivity contribution in [2.75, 3.05) is 6.61 Å². The molecule has 1 heterocycles. The second kappa shape index (κ2) is 6.23. The van der Waals surface area contributed by atoms with Crippen LogP contribution in [0.1, 0.15) is 10.5 Å². The molecule has 1 N–H and O–H groups in total. The molecule has 8 heteroatoms. The van der Waals surface area contributed by atoms with Gasteiger partial charge < -0.3 is 9.84 Å². The van der Waals surface area contributed by atoms with Gasteiger partial charge in [0.05, 0.1) is 6.20 Å². The second-order valence-electron chi connectivity index (χ2n) is 4.28. The molecule has 22 heavy (non-hydrogen) atoms. The third kappa shape index (κ3) is 4.11. The number of rotatable bonds is 4. The van der Waals surface area contributed by atoms with Crippen LogP contribution < -0.4 is 4.74 Å². The zero-order valence-corrected chi connectivity index (χ0v) is 11.6. The monoisotopic (exact) mass is 331 g/mol. The van der Waals surface area contributed by atoms with E-state index in [0.29, 0.717) is 10.6 Å². The van der Waals surface area contributed by atoms with Crippen LogP contribution in [0.2, 0.25) is 5.02 Å². The normalized spacial score (nSPS) is 11.3. The first kappa shape index (κ1) is 16.1. The Hall–Kier alpha value is -2.28. The van der Waals surface area contributed by atoms with Crippen molar-refractivity contribution in [2.45, 2.75) is 6.18 Å². The number of hydrogen-bond acceptors (Lipinski definition) is 3. The molecule has 0 aliphatic carbocycles. The van der Waals surface area contributed by atoms with Crippen LogP contribution in [0.5, 0.6) is 5.75 Å². The van der Waals surface area contributed by atoms with Gasteiger partial charge in [-0.3, -0.25) is 0 Å². The minimum atomic E-state index is -4.49. The summed E-state index contributed by atoms with van der Waals surface area (Å²) in [6.45, 7) is -1.48. The van der Waals surface area contributed by atoms with Crippen molar-refractivity contribution < 1.29 is 27.8 Å². The fourth-order valence-electron chi connectivity index (χ4n) is 1.71. The second-order valence-corrected chi connectivity index (χ2v) is 4.72. The van der Waals surface area contributed by atoms with Gasteiger partial charge in [0.15, 0.2) is 12.3 Å². The molecule has 0 spiro atoms. The summed E-state index contributed by atoms with van der Waals surface area (Å²) in [6, 6.07) is 7.35. The quantitative estimate of drug-likeness (QED) is 0.918. The van der Waals surface area contributed by atoms with Gasteiger partial charge in [-0.15, -0.1) is 0 Å². The Balaban J connectivity index is 2.40. The molecular formula is C14H9ClF3NO3. The summed E-state index contributed by atoms with van der Waals surface area (Å²) in [5.41, 5.74) is 0.303. The van der Waals surface area contributed by atoms with Gasteiger partial charge in [0.2, 0.25) is 0 Å². The van der Waals surface area contributed by atoms with Crippen molar-refractivity contribution in [2.24, 2.45) is 0 Å². The number of pyridine rings is 1. The van der Waals surface area contributed by atoms with E-state index in [1.54, 1.807) is 12.1 Å². The van der Waals surface area contributed by atoms with Crippen molar-refractivity contribution in [1.82, 2.24) is 4.98 Å². The van der Waals surface area contributed by atoms with E-state index in [0.717, 1.165) is 6.20 Å². The smallest absolute Gasteiger partial charge is 0.422 e. The van der Waals surface area contributed by atoms with Crippen LogP contribution >= 0.6 is 11.6 Å². The fourth-order valence-corrected chi connectivity index (χ4v) is 1.84. The van der Waals surface area contributed by atoms with Crippen LogP contribution in [-0.2, 0) is 0 Å². The fraction of sp³-hybridized carbons (Fsp3) is 0.143. The molecule has 0 amide bonds. The van der Waals surface area contributed by atoms with Crippen LogP contribution in [0.3, 0.4) is 0 Å². The number of aromatic nitrogens is 1. The molecule has 0 saturated heterocycles. The summed E-state index contributed by atoms with van der Waals surface area (Å²) in [6.07, 6.45) is -3.56. The van der Waals surface area contributed by atoms with E-state index in [4.69, 9.17) is 16.7 Å². The van der Waals surface area contributed by atoms with E-state index in [1.165, 1.54) is 18.2 Å². The number of benzene rings is 1. The molecule has 2 rings (SSSR count). The minimum Gasteiger partial charge on any atom is -0.482 e. The first-order valence-corrected chi connectivity index (χ1v) is 6.33. The van der Waals surface area contributed by atoms with Gasteiger partial charge in [-0.25, -0.2) is 9.78 Å². The average molecular weight is 332 g/mol.